The maximum atomic E-state index is 12.9. The van der Waals surface area contributed by atoms with Crippen LogP contribution < -0.4 is 0 Å². The Labute approximate surface area is 127 Å². The maximum Gasteiger partial charge on any atom is 0.233 e. The molecule has 2 heteroatoms. The largest absolute Gasteiger partial charge is 0.311 e. The molecular weight excluding hydrogens is 258 g/mol. The molecule has 2 aliphatic rings. The molecule has 0 N–H and O–H groups in total. The molecule has 0 spiro atoms. The van der Waals surface area contributed by atoms with Crippen molar-refractivity contribution in [2.75, 3.05) is 0 Å². The normalized spacial score (nSPS) is 27.5. The molecule has 1 saturated heterocycles. The zero-order valence-corrected chi connectivity index (χ0v) is 13.1. The van der Waals surface area contributed by atoms with E-state index >= 15 is 0 Å². The van der Waals surface area contributed by atoms with Crippen molar-refractivity contribution in [3.8, 4) is 0 Å². The number of benzene rings is 1. The summed E-state index contributed by atoms with van der Waals surface area (Å²) >= 11 is 0. The van der Waals surface area contributed by atoms with Crippen LogP contribution in [0.15, 0.2) is 42.1 Å². The molecule has 0 bridgehead atoms. The number of likely N-dealkylation sites (tertiary alicyclic amines) is 1. The minimum absolute atomic E-state index is 0.252. The van der Waals surface area contributed by atoms with Gasteiger partial charge in [-0.1, -0.05) is 63.1 Å². The summed E-state index contributed by atoms with van der Waals surface area (Å²) in [6, 6.07) is 10.3. The van der Waals surface area contributed by atoms with Crippen LogP contribution >= 0.6 is 0 Å². The van der Waals surface area contributed by atoms with Gasteiger partial charge in [-0.15, -0.1) is 0 Å². The van der Waals surface area contributed by atoms with Crippen molar-refractivity contribution in [1.29, 1.82) is 0 Å². The first-order valence-corrected chi connectivity index (χ1v) is 8.16. The summed E-state index contributed by atoms with van der Waals surface area (Å²) in [6.45, 7) is 4.96. The van der Waals surface area contributed by atoms with E-state index in [1.807, 2.05) is 23.1 Å². The molecule has 1 aromatic rings. The van der Waals surface area contributed by atoms with Crippen LogP contribution in [0.4, 0.5) is 0 Å². The van der Waals surface area contributed by atoms with E-state index in [0.717, 1.165) is 12.8 Å². The monoisotopic (exact) mass is 283 g/mol. The molecular formula is C19H25NO. The van der Waals surface area contributed by atoms with Crippen molar-refractivity contribution in [3.05, 3.63) is 47.7 Å². The summed E-state index contributed by atoms with van der Waals surface area (Å²) in [5, 5.41) is 0. The Hall–Kier alpha value is -1.57. The summed E-state index contributed by atoms with van der Waals surface area (Å²) in [4.78, 5) is 15.0. The Balaban J connectivity index is 1.93. The Morgan fingerprint density at radius 1 is 1.14 bits per heavy atom. The Morgan fingerprint density at radius 2 is 1.90 bits per heavy atom. The highest BCUT2D eigenvalue weighted by molar-refractivity contribution is 5.87. The maximum absolute atomic E-state index is 12.9. The van der Waals surface area contributed by atoms with E-state index in [0.29, 0.717) is 18.4 Å². The van der Waals surface area contributed by atoms with Crippen molar-refractivity contribution in [2.24, 2.45) is 11.3 Å². The lowest BCUT2D eigenvalue weighted by Crippen LogP contribution is -2.31. The summed E-state index contributed by atoms with van der Waals surface area (Å²) in [5.41, 5.74) is 2.25. The van der Waals surface area contributed by atoms with Crippen LogP contribution in [-0.4, -0.2) is 10.8 Å². The molecule has 1 amide bonds. The van der Waals surface area contributed by atoms with Crippen LogP contribution in [0.2, 0.25) is 0 Å². The third-order valence-corrected chi connectivity index (χ3v) is 5.07. The number of amides is 1. The van der Waals surface area contributed by atoms with E-state index in [4.69, 9.17) is 0 Å². The van der Waals surface area contributed by atoms with Crippen LogP contribution in [-0.2, 0) is 11.3 Å². The van der Waals surface area contributed by atoms with Crippen molar-refractivity contribution in [3.63, 3.8) is 0 Å². The molecule has 2 nitrogen and oxygen atoms in total. The number of fused-ring (bicyclic) bond motifs is 1. The van der Waals surface area contributed by atoms with Crippen molar-refractivity contribution < 1.29 is 4.79 Å². The quantitative estimate of drug-likeness (QED) is 0.781. The van der Waals surface area contributed by atoms with Gasteiger partial charge >= 0.3 is 0 Å². The molecule has 1 aromatic carbocycles. The van der Waals surface area contributed by atoms with Crippen LogP contribution in [0.3, 0.4) is 0 Å². The molecule has 0 aromatic heterocycles. The van der Waals surface area contributed by atoms with Gasteiger partial charge in [-0.05, 0) is 24.8 Å². The zero-order chi connectivity index (χ0) is 14.9. The van der Waals surface area contributed by atoms with E-state index in [2.05, 4.69) is 32.1 Å². The van der Waals surface area contributed by atoms with Gasteiger partial charge in [0.2, 0.25) is 5.91 Å². The van der Waals surface area contributed by atoms with Gasteiger partial charge in [-0.25, -0.2) is 0 Å². The number of carbonyl (C=O) groups is 1. The third kappa shape index (κ3) is 2.64. The number of hydrogen-bond acceptors (Lipinski definition) is 1. The first kappa shape index (κ1) is 14.4. The van der Waals surface area contributed by atoms with Crippen LogP contribution in [0, 0.1) is 11.3 Å². The average Bonchev–Trinajstić information content (AvgIpc) is 2.60. The fraction of sp³-hybridized carbons (Fsp3) is 0.526. The second-order valence-corrected chi connectivity index (χ2v) is 6.92. The summed E-state index contributed by atoms with van der Waals surface area (Å²) in [5.74, 6) is 0.693. The molecule has 112 valence electrons. The molecule has 1 unspecified atom stereocenters. The van der Waals surface area contributed by atoms with E-state index < -0.39 is 0 Å². The zero-order valence-electron chi connectivity index (χ0n) is 13.1. The van der Waals surface area contributed by atoms with Crippen molar-refractivity contribution >= 4 is 5.91 Å². The van der Waals surface area contributed by atoms with Gasteiger partial charge in [0.1, 0.15) is 0 Å². The molecule has 1 atom stereocenters. The summed E-state index contributed by atoms with van der Waals surface area (Å²) in [7, 11) is 0. The number of carbonyl (C=O) groups excluding carboxylic acids is 1. The molecule has 1 aliphatic heterocycles. The number of nitrogens with zero attached hydrogens (tertiary/aromatic N) is 1. The first-order chi connectivity index (χ1) is 10.1. The molecule has 1 aliphatic carbocycles. The number of allylic oxidation sites excluding steroid dienone is 2. The van der Waals surface area contributed by atoms with Crippen molar-refractivity contribution in [1.82, 2.24) is 4.90 Å². The minimum atomic E-state index is -0.252. The van der Waals surface area contributed by atoms with Crippen molar-refractivity contribution in [2.45, 2.75) is 52.5 Å². The Kier molecular flexibility index (Phi) is 3.88. The molecule has 0 saturated carbocycles. The number of hydrogen-bond donors (Lipinski definition) is 0. The van der Waals surface area contributed by atoms with Crippen LogP contribution in [0.5, 0.6) is 0 Å². The fourth-order valence-electron chi connectivity index (χ4n) is 3.78. The van der Waals surface area contributed by atoms with Gasteiger partial charge in [0.15, 0.2) is 0 Å². The van der Waals surface area contributed by atoms with Crippen LogP contribution in [0.1, 0.15) is 51.5 Å². The fourth-order valence-corrected chi connectivity index (χ4v) is 3.78. The van der Waals surface area contributed by atoms with E-state index in [-0.39, 0.29) is 5.41 Å². The molecule has 21 heavy (non-hydrogen) atoms. The van der Waals surface area contributed by atoms with E-state index in [1.165, 1.54) is 30.5 Å². The topological polar surface area (TPSA) is 20.3 Å². The second kappa shape index (κ2) is 5.67. The minimum Gasteiger partial charge on any atom is -0.311 e. The predicted octanol–water partition coefficient (Wildman–Crippen LogP) is 4.52. The van der Waals surface area contributed by atoms with Gasteiger partial charge in [-0.3, -0.25) is 4.79 Å². The highest BCUT2D eigenvalue weighted by Crippen LogP contribution is 2.47. The highest BCUT2D eigenvalue weighted by atomic mass is 16.2. The number of rotatable bonds is 2. The summed E-state index contributed by atoms with van der Waals surface area (Å²) < 4.78 is 0. The second-order valence-electron chi connectivity index (χ2n) is 6.92. The molecule has 0 radical (unpaired) electrons. The Morgan fingerprint density at radius 3 is 2.67 bits per heavy atom. The summed E-state index contributed by atoms with van der Waals surface area (Å²) in [6.07, 6.45) is 8.39. The lowest BCUT2D eigenvalue weighted by molar-refractivity contribution is -0.135. The lowest BCUT2D eigenvalue weighted by atomic mass is 9.76. The van der Waals surface area contributed by atoms with Crippen LogP contribution in [0.25, 0.3) is 0 Å². The first-order valence-electron chi connectivity index (χ1n) is 8.16. The predicted molar refractivity (Wildman–Crippen MR) is 85.4 cm³/mol. The molecule has 1 fully saturated rings. The van der Waals surface area contributed by atoms with E-state index in [1.54, 1.807) is 0 Å². The molecule has 3 rings (SSSR count). The molecule has 1 heterocycles. The van der Waals surface area contributed by atoms with Gasteiger partial charge in [0.05, 0.1) is 12.0 Å². The van der Waals surface area contributed by atoms with Gasteiger partial charge < -0.3 is 4.90 Å². The smallest absolute Gasteiger partial charge is 0.233 e. The van der Waals surface area contributed by atoms with Gasteiger partial charge in [0.25, 0.3) is 0 Å². The lowest BCUT2D eigenvalue weighted by Gasteiger charge is -2.25. The average molecular weight is 283 g/mol. The SMILES string of the molecule is CC1(C)C(=O)N(Cc2ccccc2)/C2=C/CCCCCC21. The Bertz CT molecular complexity index is 544. The van der Waals surface area contributed by atoms with Gasteiger partial charge in [0, 0.05) is 11.6 Å². The van der Waals surface area contributed by atoms with Gasteiger partial charge in [-0.2, -0.15) is 0 Å². The third-order valence-electron chi connectivity index (χ3n) is 5.07. The van der Waals surface area contributed by atoms with E-state index in [9.17, 15) is 4.79 Å². The highest BCUT2D eigenvalue weighted by Gasteiger charge is 2.49. The standard InChI is InChI=1S/C19H25NO/c1-19(2)16-12-8-3-4-9-13-17(16)20(18(19)21)14-15-10-6-5-7-11-15/h5-7,10-11,13,16H,3-4,8-9,12,14H2,1-2H3/b17-13+.